The minimum absolute atomic E-state index is 0.0980. The fraction of sp³-hybridized carbons (Fsp3) is 0.440. The number of benzene rings is 1. The molecule has 1 aliphatic heterocycles. The third-order valence-electron chi connectivity index (χ3n) is 5.54. The number of halogens is 1. The van der Waals surface area contributed by atoms with Gasteiger partial charge in [-0.25, -0.2) is 14.4 Å². The number of H-pyrrole nitrogens is 1. The number of imidazole rings is 1. The van der Waals surface area contributed by atoms with Crippen molar-refractivity contribution < 1.29 is 28.1 Å². The van der Waals surface area contributed by atoms with Gasteiger partial charge in [0.2, 0.25) is 12.2 Å². The fourth-order valence-corrected chi connectivity index (χ4v) is 3.63. The van der Waals surface area contributed by atoms with Crippen LogP contribution in [0.2, 0.25) is 0 Å². The molecule has 2 N–H and O–H groups in total. The summed E-state index contributed by atoms with van der Waals surface area (Å²) >= 11 is 0. The largest absolute Gasteiger partial charge is 0.461 e. The number of nitrogens with zero attached hydrogens (tertiary/aromatic N) is 3. The van der Waals surface area contributed by atoms with Crippen LogP contribution in [0.5, 0.6) is 6.01 Å². The molecule has 0 radical (unpaired) electrons. The van der Waals surface area contributed by atoms with Gasteiger partial charge >= 0.3 is 6.01 Å². The molecule has 10 nitrogen and oxygen atoms in total. The van der Waals surface area contributed by atoms with E-state index in [4.69, 9.17) is 23.9 Å². The van der Waals surface area contributed by atoms with Crippen molar-refractivity contribution in [3.05, 3.63) is 48.2 Å². The molecule has 1 amide bonds. The van der Waals surface area contributed by atoms with Gasteiger partial charge in [-0.05, 0) is 51.1 Å². The second kappa shape index (κ2) is 11.1. The number of aromatic amines is 1. The van der Waals surface area contributed by atoms with Crippen molar-refractivity contribution in [1.29, 1.82) is 0 Å². The highest BCUT2D eigenvalue weighted by molar-refractivity contribution is 5.82. The molecule has 0 spiro atoms. The van der Waals surface area contributed by atoms with Crippen LogP contribution in [0, 0.1) is 11.2 Å². The highest BCUT2D eigenvalue weighted by Crippen LogP contribution is 2.35. The fourth-order valence-electron chi connectivity index (χ4n) is 3.63. The van der Waals surface area contributed by atoms with Crippen molar-refractivity contribution in [2.75, 3.05) is 33.5 Å². The molecule has 0 atom stereocenters. The molecule has 3 aromatic rings. The standard InChI is InChI=1S/C25H30FN5O5/c1-15(2)36-24-28-10-9-18(29-24)20-19(16-5-7-17(26)8-6-16)30-21(31-20)22-34-13-25(3,14-35-22)23(32)27-11-12-33-4/h5-10,15,22H,11-14H2,1-4H3,(H,27,32)(H,30,31). The molecule has 36 heavy (non-hydrogen) atoms. The highest BCUT2D eigenvalue weighted by atomic mass is 19.1. The molecule has 1 fully saturated rings. The number of carbonyl (C=O) groups is 1. The number of nitrogens with one attached hydrogen (secondary N) is 2. The maximum atomic E-state index is 13.6. The summed E-state index contributed by atoms with van der Waals surface area (Å²) in [5, 5.41) is 2.82. The average Bonchev–Trinajstić information content (AvgIpc) is 3.30. The molecule has 0 unspecified atom stereocenters. The topological polar surface area (TPSA) is 120 Å². The first-order valence-electron chi connectivity index (χ1n) is 11.7. The van der Waals surface area contributed by atoms with E-state index in [1.165, 1.54) is 12.1 Å². The zero-order valence-corrected chi connectivity index (χ0v) is 20.7. The second-order valence-electron chi connectivity index (χ2n) is 9.01. The molecule has 1 saturated heterocycles. The lowest BCUT2D eigenvalue weighted by Gasteiger charge is -2.35. The SMILES string of the molecule is COCCNC(=O)C1(C)COC(c2nc(-c3ccc(F)cc3)c(-c3ccnc(OC(C)C)n3)[nH]2)OC1. The Balaban J connectivity index is 1.60. The van der Waals surface area contributed by atoms with Gasteiger partial charge in [-0.1, -0.05) is 0 Å². The Bertz CT molecular complexity index is 1180. The molecular formula is C25H30FN5O5. The third kappa shape index (κ3) is 5.86. The van der Waals surface area contributed by atoms with E-state index in [1.54, 1.807) is 38.4 Å². The molecule has 1 aliphatic rings. The van der Waals surface area contributed by atoms with Gasteiger partial charge in [-0.15, -0.1) is 0 Å². The average molecular weight is 500 g/mol. The van der Waals surface area contributed by atoms with Crippen molar-refractivity contribution in [3.63, 3.8) is 0 Å². The van der Waals surface area contributed by atoms with Gasteiger partial charge in [0.15, 0.2) is 5.82 Å². The highest BCUT2D eigenvalue weighted by Gasteiger charge is 2.40. The number of methoxy groups -OCH3 is 1. The van der Waals surface area contributed by atoms with E-state index >= 15 is 0 Å². The summed E-state index contributed by atoms with van der Waals surface area (Å²) in [5.41, 5.74) is 1.48. The lowest BCUT2D eigenvalue weighted by Crippen LogP contribution is -2.49. The molecule has 0 saturated carbocycles. The van der Waals surface area contributed by atoms with Crippen molar-refractivity contribution in [2.24, 2.45) is 5.41 Å². The normalized spacial score (nSPS) is 19.9. The number of rotatable bonds is 9. The number of aromatic nitrogens is 4. The van der Waals surface area contributed by atoms with E-state index in [9.17, 15) is 9.18 Å². The van der Waals surface area contributed by atoms with Gasteiger partial charge in [0.05, 0.1) is 48.4 Å². The zero-order chi connectivity index (χ0) is 25.7. The first-order chi connectivity index (χ1) is 17.3. The molecule has 0 aliphatic carbocycles. The van der Waals surface area contributed by atoms with Gasteiger partial charge in [0, 0.05) is 25.4 Å². The number of hydrogen-bond donors (Lipinski definition) is 2. The minimum Gasteiger partial charge on any atom is -0.461 e. The Kier molecular flexibility index (Phi) is 7.92. The van der Waals surface area contributed by atoms with E-state index in [0.717, 1.165) is 0 Å². The molecular weight excluding hydrogens is 469 g/mol. The van der Waals surface area contributed by atoms with Crippen molar-refractivity contribution >= 4 is 5.91 Å². The van der Waals surface area contributed by atoms with E-state index in [1.807, 2.05) is 13.8 Å². The summed E-state index contributed by atoms with van der Waals surface area (Å²) in [6.07, 6.45) is 0.668. The van der Waals surface area contributed by atoms with Gasteiger partial charge in [0.25, 0.3) is 0 Å². The van der Waals surface area contributed by atoms with Crippen LogP contribution in [0.4, 0.5) is 4.39 Å². The molecule has 11 heteroatoms. The Labute approximate surface area is 208 Å². The predicted molar refractivity (Wildman–Crippen MR) is 128 cm³/mol. The molecule has 1 aromatic carbocycles. The molecule has 2 aromatic heterocycles. The van der Waals surface area contributed by atoms with Gasteiger partial charge in [-0.3, -0.25) is 4.79 Å². The Morgan fingerprint density at radius 2 is 1.94 bits per heavy atom. The maximum Gasteiger partial charge on any atom is 0.317 e. The Morgan fingerprint density at radius 3 is 2.61 bits per heavy atom. The number of carbonyl (C=O) groups excluding carboxylic acids is 1. The lowest BCUT2D eigenvalue weighted by atomic mass is 9.91. The smallest absolute Gasteiger partial charge is 0.317 e. The number of amides is 1. The summed E-state index contributed by atoms with van der Waals surface area (Å²) in [6, 6.07) is 7.94. The Hall–Kier alpha value is -3.41. The number of ether oxygens (including phenoxy) is 4. The van der Waals surface area contributed by atoms with E-state index in [2.05, 4.69) is 20.3 Å². The van der Waals surface area contributed by atoms with Crippen LogP contribution >= 0.6 is 0 Å². The van der Waals surface area contributed by atoms with Crippen LogP contribution in [0.15, 0.2) is 36.5 Å². The minimum atomic E-state index is -0.852. The zero-order valence-electron chi connectivity index (χ0n) is 20.7. The maximum absolute atomic E-state index is 13.6. The first kappa shape index (κ1) is 25.7. The number of hydrogen-bond acceptors (Lipinski definition) is 8. The molecule has 3 heterocycles. The van der Waals surface area contributed by atoms with Gasteiger partial charge in [-0.2, -0.15) is 4.98 Å². The van der Waals surface area contributed by atoms with Crippen molar-refractivity contribution in [1.82, 2.24) is 25.3 Å². The molecule has 192 valence electrons. The summed E-state index contributed by atoms with van der Waals surface area (Å²) in [4.78, 5) is 29.2. The Morgan fingerprint density at radius 1 is 1.22 bits per heavy atom. The summed E-state index contributed by atoms with van der Waals surface area (Å²) in [6.45, 7) is 6.64. The van der Waals surface area contributed by atoms with Gasteiger partial charge < -0.3 is 29.2 Å². The van der Waals surface area contributed by atoms with Crippen LogP contribution in [-0.2, 0) is 19.0 Å². The van der Waals surface area contributed by atoms with Crippen LogP contribution in [0.25, 0.3) is 22.6 Å². The van der Waals surface area contributed by atoms with E-state index in [0.29, 0.717) is 41.6 Å². The molecule has 0 bridgehead atoms. The summed E-state index contributed by atoms with van der Waals surface area (Å²) in [5.74, 6) is -0.132. The van der Waals surface area contributed by atoms with E-state index in [-0.39, 0.29) is 37.1 Å². The van der Waals surface area contributed by atoms with Crippen LogP contribution < -0.4 is 10.1 Å². The molecule has 4 rings (SSSR count). The second-order valence-corrected chi connectivity index (χ2v) is 9.01. The summed E-state index contributed by atoms with van der Waals surface area (Å²) < 4.78 is 36.0. The predicted octanol–water partition coefficient (Wildman–Crippen LogP) is 3.27. The van der Waals surface area contributed by atoms with Crippen LogP contribution in [0.3, 0.4) is 0 Å². The van der Waals surface area contributed by atoms with Gasteiger partial charge in [0.1, 0.15) is 5.82 Å². The monoisotopic (exact) mass is 499 g/mol. The quantitative estimate of drug-likeness (QED) is 0.431. The summed E-state index contributed by atoms with van der Waals surface area (Å²) in [7, 11) is 1.57. The first-order valence-corrected chi connectivity index (χ1v) is 11.7. The lowest BCUT2D eigenvalue weighted by molar-refractivity contribution is -0.231. The third-order valence-corrected chi connectivity index (χ3v) is 5.54. The van der Waals surface area contributed by atoms with E-state index < -0.39 is 11.7 Å². The van der Waals surface area contributed by atoms with Crippen LogP contribution in [-0.4, -0.2) is 65.4 Å². The van der Waals surface area contributed by atoms with Crippen molar-refractivity contribution in [2.45, 2.75) is 33.2 Å². The van der Waals surface area contributed by atoms with Crippen LogP contribution in [0.1, 0.15) is 32.9 Å². The van der Waals surface area contributed by atoms with Crippen molar-refractivity contribution in [3.8, 4) is 28.7 Å².